The van der Waals surface area contributed by atoms with Crippen LogP contribution in [0.1, 0.15) is 11.1 Å². The van der Waals surface area contributed by atoms with E-state index in [4.69, 9.17) is 15.7 Å². The number of anilines is 2. The lowest BCUT2D eigenvalue weighted by Gasteiger charge is -2.10. The largest absolute Gasteiger partial charge is 0.484 e. The summed E-state index contributed by atoms with van der Waals surface area (Å²) in [5, 5.41) is 11.8. The van der Waals surface area contributed by atoms with E-state index in [1.54, 1.807) is 36.4 Å². The van der Waals surface area contributed by atoms with Gasteiger partial charge in [0.05, 0.1) is 11.3 Å². The molecule has 0 aliphatic heterocycles. The van der Waals surface area contributed by atoms with Gasteiger partial charge in [-0.15, -0.1) is 0 Å². The van der Waals surface area contributed by atoms with E-state index in [2.05, 4.69) is 11.4 Å². The van der Waals surface area contributed by atoms with Gasteiger partial charge in [-0.3, -0.25) is 4.79 Å². The van der Waals surface area contributed by atoms with Crippen LogP contribution in [0.15, 0.2) is 42.5 Å². The first-order valence-electron chi connectivity index (χ1n) is 6.38. The smallest absolute Gasteiger partial charge is 0.262 e. The molecule has 0 bridgehead atoms. The Hall–Kier alpha value is -3.00. The van der Waals surface area contributed by atoms with Crippen molar-refractivity contribution in [3.8, 4) is 11.8 Å². The van der Waals surface area contributed by atoms with Crippen molar-refractivity contribution < 1.29 is 9.53 Å². The molecule has 0 saturated carbocycles. The van der Waals surface area contributed by atoms with Crippen molar-refractivity contribution in [1.29, 1.82) is 5.26 Å². The second-order valence-corrected chi connectivity index (χ2v) is 4.52. The topological polar surface area (TPSA) is 88.1 Å². The third kappa shape index (κ3) is 3.74. The number of carbonyl (C=O) groups is 1. The zero-order chi connectivity index (χ0) is 15.2. The van der Waals surface area contributed by atoms with Crippen molar-refractivity contribution in [2.45, 2.75) is 6.92 Å². The number of hydrogen-bond acceptors (Lipinski definition) is 4. The van der Waals surface area contributed by atoms with E-state index in [0.29, 0.717) is 22.7 Å². The summed E-state index contributed by atoms with van der Waals surface area (Å²) in [6, 6.07) is 14.1. The van der Waals surface area contributed by atoms with Gasteiger partial charge >= 0.3 is 0 Å². The fraction of sp³-hybridized carbons (Fsp3) is 0.125. The Balaban J connectivity index is 1.98. The first-order chi connectivity index (χ1) is 10.1. The lowest BCUT2D eigenvalue weighted by atomic mass is 10.1. The maximum atomic E-state index is 11.9. The summed E-state index contributed by atoms with van der Waals surface area (Å²) in [5.74, 6) is 0.234. The van der Waals surface area contributed by atoms with Crippen LogP contribution in [0.3, 0.4) is 0 Å². The molecule has 0 radical (unpaired) electrons. The summed E-state index contributed by atoms with van der Waals surface area (Å²) in [4.78, 5) is 11.9. The molecular weight excluding hydrogens is 266 g/mol. The van der Waals surface area contributed by atoms with Crippen LogP contribution in [-0.2, 0) is 4.79 Å². The molecule has 3 N–H and O–H groups in total. The Morgan fingerprint density at radius 1 is 1.29 bits per heavy atom. The highest BCUT2D eigenvalue weighted by molar-refractivity contribution is 5.93. The number of nitrogen functional groups attached to an aromatic ring is 1. The number of rotatable bonds is 4. The minimum Gasteiger partial charge on any atom is -0.484 e. The molecule has 106 valence electrons. The number of hydrogen-bond donors (Lipinski definition) is 2. The quantitative estimate of drug-likeness (QED) is 0.843. The molecule has 0 heterocycles. The van der Waals surface area contributed by atoms with Crippen molar-refractivity contribution in [3.05, 3.63) is 53.6 Å². The molecule has 0 aliphatic carbocycles. The van der Waals surface area contributed by atoms with Crippen LogP contribution < -0.4 is 15.8 Å². The van der Waals surface area contributed by atoms with E-state index in [-0.39, 0.29) is 12.5 Å². The Kier molecular flexibility index (Phi) is 4.42. The monoisotopic (exact) mass is 281 g/mol. The lowest BCUT2D eigenvalue weighted by molar-refractivity contribution is -0.118. The third-order valence-electron chi connectivity index (χ3n) is 2.91. The van der Waals surface area contributed by atoms with Gasteiger partial charge in [0.1, 0.15) is 11.8 Å². The van der Waals surface area contributed by atoms with Crippen molar-refractivity contribution >= 4 is 17.3 Å². The predicted molar refractivity (Wildman–Crippen MR) is 80.9 cm³/mol. The summed E-state index contributed by atoms with van der Waals surface area (Å²) < 4.78 is 5.35. The summed E-state index contributed by atoms with van der Waals surface area (Å²) in [7, 11) is 0. The Labute approximate surface area is 123 Å². The third-order valence-corrected chi connectivity index (χ3v) is 2.91. The van der Waals surface area contributed by atoms with Crippen LogP contribution >= 0.6 is 0 Å². The minimum absolute atomic E-state index is 0.136. The highest BCUT2D eigenvalue weighted by atomic mass is 16.5. The SMILES string of the molecule is Cc1cccc(NC(=O)COc2ccc(N)cc2)c1C#N. The van der Waals surface area contributed by atoms with E-state index < -0.39 is 0 Å². The molecule has 5 heteroatoms. The molecule has 2 rings (SSSR count). The van der Waals surface area contributed by atoms with Crippen LogP contribution in [0.4, 0.5) is 11.4 Å². The average molecular weight is 281 g/mol. The predicted octanol–water partition coefficient (Wildman–Crippen LogP) is 2.47. The lowest BCUT2D eigenvalue weighted by Crippen LogP contribution is -2.20. The van der Waals surface area contributed by atoms with Crippen LogP contribution in [0.5, 0.6) is 5.75 Å². The maximum Gasteiger partial charge on any atom is 0.262 e. The normalized spacial score (nSPS) is 9.71. The fourth-order valence-electron chi connectivity index (χ4n) is 1.82. The maximum absolute atomic E-state index is 11.9. The number of nitrogens with two attached hydrogens (primary N) is 1. The Morgan fingerprint density at radius 3 is 2.67 bits per heavy atom. The standard InChI is InChI=1S/C16H15N3O2/c1-11-3-2-4-15(14(11)9-17)19-16(20)10-21-13-7-5-12(18)6-8-13/h2-8H,10,18H2,1H3,(H,19,20). The molecule has 0 fully saturated rings. The second kappa shape index (κ2) is 6.44. The van der Waals surface area contributed by atoms with E-state index in [0.717, 1.165) is 5.56 Å². The molecular formula is C16H15N3O2. The van der Waals surface area contributed by atoms with Gasteiger partial charge in [0, 0.05) is 5.69 Å². The first-order valence-corrected chi connectivity index (χ1v) is 6.38. The molecule has 0 spiro atoms. The number of nitrogens with one attached hydrogen (secondary N) is 1. The van der Waals surface area contributed by atoms with Crippen molar-refractivity contribution in [2.24, 2.45) is 0 Å². The number of nitrogens with zero attached hydrogens (tertiary/aromatic N) is 1. The molecule has 1 amide bonds. The van der Waals surface area contributed by atoms with Gasteiger partial charge in [0.25, 0.3) is 5.91 Å². The number of amides is 1. The summed E-state index contributed by atoms with van der Waals surface area (Å²) in [5.41, 5.74) is 7.96. The summed E-state index contributed by atoms with van der Waals surface area (Å²) in [6.07, 6.45) is 0. The zero-order valence-electron chi connectivity index (χ0n) is 11.6. The van der Waals surface area contributed by atoms with Gasteiger partial charge in [-0.2, -0.15) is 5.26 Å². The van der Waals surface area contributed by atoms with Gasteiger partial charge in [-0.1, -0.05) is 12.1 Å². The van der Waals surface area contributed by atoms with Gasteiger partial charge < -0.3 is 15.8 Å². The van der Waals surface area contributed by atoms with Crippen LogP contribution in [0, 0.1) is 18.3 Å². The first kappa shape index (κ1) is 14.4. The molecule has 21 heavy (non-hydrogen) atoms. The van der Waals surface area contributed by atoms with Gasteiger partial charge in [-0.25, -0.2) is 0 Å². The summed E-state index contributed by atoms with van der Waals surface area (Å²) in [6.45, 7) is 1.68. The molecule has 0 aromatic heterocycles. The van der Waals surface area contributed by atoms with Crippen molar-refractivity contribution in [1.82, 2.24) is 0 Å². The van der Waals surface area contributed by atoms with Crippen LogP contribution in [-0.4, -0.2) is 12.5 Å². The van der Waals surface area contributed by atoms with E-state index >= 15 is 0 Å². The number of aryl methyl sites for hydroxylation is 1. The number of nitriles is 1. The Morgan fingerprint density at radius 2 is 2.00 bits per heavy atom. The molecule has 5 nitrogen and oxygen atoms in total. The molecule has 2 aromatic rings. The highest BCUT2D eigenvalue weighted by Gasteiger charge is 2.09. The average Bonchev–Trinajstić information content (AvgIpc) is 2.47. The minimum atomic E-state index is -0.325. The second-order valence-electron chi connectivity index (χ2n) is 4.52. The van der Waals surface area contributed by atoms with Gasteiger partial charge in [-0.05, 0) is 42.8 Å². The fourth-order valence-corrected chi connectivity index (χ4v) is 1.82. The molecule has 0 aliphatic rings. The molecule has 0 atom stereocenters. The Bertz CT molecular complexity index is 688. The molecule has 0 unspecified atom stereocenters. The van der Waals surface area contributed by atoms with E-state index in [1.165, 1.54) is 0 Å². The molecule has 2 aromatic carbocycles. The zero-order valence-corrected chi connectivity index (χ0v) is 11.6. The van der Waals surface area contributed by atoms with E-state index in [1.807, 2.05) is 13.0 Å². The van der Waals surface area contributed by atoms with Gasteiger partial charge in [0.2, 0.25) is 0 Å². The van der Waals surface area contributed by atoms with Gasteiger partial charge in [0.15, 0.2) is 6.61 Å². The number of benzene rings is 2. The van der Waals surface area contributed by atoms with Crippen LogP contribution in [0.25, 0.3) is 0 Å². The molecule has 0 saturated heterocycles. The summed E-state index contributed by atoms with van der Waals surface area (Å²) >= 11 is 0. The number of carbonyl (C=O) groups excluding carboxylic acids is 1. The van der Waals surface area contributed by atoms with Crippen molar-refractivity contribution in [3.63, 3.8) is 0 Å². The number of ether oxygens (including phenoxy) is 1. The highest BCUT2D eigenvalue weighted by Crippen LogP contribution is 2.18. The van der Waals surface area contributed by atoms with E-state index in [9.17, 15) is 4.79 Å². The van der Waals surface area contributed by atoms with Crippen LogP contribution in [0.2, 0.25) is 0 Å². The van der Waals surface area contributed by atoms with Crippen molar-refractivity contribution in [2.75, 3.05) is 17.7 Å².